The van der Waals surface area contributed by atoms with Crippen LogP contribution in [0.3, 0.4) is 0 Å². The summed E-state index contributed by atoms with van der Waals surface area (Å²) in [6, 6.07) is 0. The summed E-state index contributed by atoms with van der Waals surface area (Å²) in [5, 5.41) is 1.34. The van der Waals surface area contributed by atoms with E-state index in [4.69, 9.17) is 3.82 Å². The second-order valence-electron chi connectivity index (χ2n) is 0.998. The summed E-state index contributed by atoms with van der Waals surface area (Å²) in [6.07, 6.45) is 1.31. The van der Waals surface area contributed by atoms with Gasteiger partial charge in [-0.15, -0.1) is 0 Å². The molecule has 0 aliphatic carbocycles. The van der Waals surface area contributed by atoms with Crippen molar-refractivity contribution in [2.24, 2.45) is 0 Å². The van der Waals surface area contributed by atoms with Crippen LogP contribution in [0.15, 0.2) is 0 Å². The van der Waals surface area contributed by atoms with Gasteiger partial charge in [0.2, 0.25) is 0 Å². The van der Waals surface area contributed by atoms with Crippen LogP contribution in [0.1, 0.15) is 6.42 Å². The number of hydrogen-bond acceptors (Lipinski definition) is 1. The first-order chi connectivity index (χ1) is 2.50. The molecule has 0 aromatic heterocycles. The number of hydrogen-bond donors (Lipinski definition) is 0. The molecule has 0 unspecified atom stereocenters. The topological polar surface area (TPSA) is 9.23 Å². The molecule has 0 aromatic carbocycles. The molecule has 1 rings (SSSR count). The summed E-state index contributed by atoms with van der Waals surface area (Å²) in [5.74, 6) is 0. The van der Waals surface area contributed by atoms with Crippen molar-refractivity contribution in [3.05, 3.63) is 0 Å². The van der Waals surface area contributed by atoms with Crippen LogP contribution >= 0.6 is 0 Å². The molecule has 1 heterocycles. The van der Waals surface area contributed by atoms with E-state index in [1.54, 1.807) is 0 Å². The molecule has 1 saturated heterocycles. The van der Waals surface area contributed by atoms with E-state index in [-0.39, 0.29) is 0 Å². The first-order valence-electron chi connectivity index (χ1n) is 1.74. The minimum atomic E-state index is 0.569. The van der Waals surface area contributed by atoms with E-state index in [0.29, 0.717) is 15.3 Å². The Morgan fingerprint density at radius 1 is 1.60 bits per heavy atom. The van der Waals surface area contributed by atoms with Crippen LogP contribution in [0, 0.1) is 0 Å². The van der Waals surface area contributed by atoms with Gasteiger partial charge in [0, 0.05) is 0 Å². The van der Waals surface area contributed by atoms with Crippen LogP contribution in [0.5, 0.6) is 0 Å². The van der Waals surface area contributed by atoms with Crippen LogP contribution in [0.4, 0.5) is 0 Å². The summed E-state index contributed by atoms with van der Waals surface area (Å²) in [5.41, 5.74) is 0. The van der Waals surface area contributed by atoms with Gasteiger partial charge < -0.3 is 0 Å². The van der Waals surface area contributed by atoms with Crippen molar-refractivity contribution in [3.8, 4) is 0 Å². The third kappa shape index (κ3) is 0.917. The van der Waals surface area contributed by atoms with Gasteiger partial charge in [0.25, 0.3) is 0 Å². The average Bonchev–Trinajstić information content (AvgIpc) is 1.76. The van der Waals surface area contributed by atoms with Crippen LogP contribution in [-0.4, -0.2) is 21.9 Å². The van der Waals surface area contributed by atoms with Gasteiger partial charge in [-0.3, -0.25) is 0 Å². The molecule has 1 nitrogen and oxygen atoms in total. The van der Waals surface area contributed by atoms with Crippen LogP contribution in [-0.2, 0) is 3.82 Å². The summed E-state index contributed by atoms with van der Waals surface area (Å²) in [7, 11) is 0. The molecular weight excluding hydrogens is 131 g/mol. The Labute approximate surface area is 38.2 Å². The van der Waals surface area contributed by atoms with Crippen molar-refractivity contribution in [1.29, 1.82) is 0 Å². The monoisotopic (exact) mass is 138 g/mol. The van der Waals surface area contributed by atoms with E-state index in [1.165, 1.54) is 11.7 Å². The minimum absolute atomic E-state index is 0.569. The standard InChI is InChI=1S/C3H6OSe/c1-2-4-5-3-1/h1-3H2. The quantitative estimate of drug-likeness (QED) is 0.440. The maximum absolute atomic E-state index is 5.01. The van der Waals surface area contributed by atoms with Crippen molar-refractivity contribution < 1.29 is 3.82 Å². The Morgan fingerprint density at radius 3 is 2.80 bits per heavy atom. The van der Waals surface area contributed by atoms with Gasteiger partial charge in [0.1, 0.15) is 0 Å². The predicted octanol–water partition coefficient (Wildman–Crippen LogP) is 0.444. The molecule has 30 valence electrons. The van der Waals surface area contributed by atoms with Crippen LogP contribution < -0.4 is 0 Å². The SMILES string of the molecule is C1CO[Se]C1. The van der Waals surface area contributed by atoms with E-state index < -0.39 is 0 Å². The average molecular weight is 137 g/mol. The van der Waals surface area contributed by atoms with Crippen molar-refractivity contribution in [2.45, 2.75) is 11.7 Å². The van der Waals surface area contributed by atoms with E-state index in [9.17, 15) is 0 Å². The van der Waals surface area contributed by atoms with Gasteiger partial charge >= 0.3 is 37.5 Å². The Balaban J connectivity index is 2.08. The van der Waals surface area contributed by atoms with Gasteiger partial charge in [-0.2, -0.15) is 0 Å². The molecule has 1 fully saturated rings. The Morgan fingerprint density at radius 2 is 2.60 bits per heavy atom. The van der Waals surface area contributed by atoms with Crippen molar-refractivity contribution in [3.63, 3.8) is 0 Å². The summed E-state index contributed by atoms with van der Waals surface area (Å²) in [6.45, 7) is 1.03. The summed E-state index contributed by atoms with van der Waals surface area (Å²) < 4.78 is 5.01. The molecule has 0 radical (unpaired) electrons. The first-order valence-corrected chi connectivity index (χ1v) is 3.65. The zero-order valence-electron chi connectivity index (χ0n) is 2.94. The Hall–Kier alpha value is 0.479. The zero-order chi connectivity index (χ0) is 3.54. The Kier molecular flexibility index (Phi) is 1.32. The fourth-order valence-electron chi connectivity index (χ4n) is 0.295. The predicted molar refractivity (Wildman–Crippen MR) is 21.1 cm³/mol. The van der Waals surface area contributed by atoms with Crippen LogP contribution in [0.25, 0.3) is 0 Å². The molecule has 5 heavy (non-hydrogen) atoms. The Bertz CT molecular complexity index is 18.5. The van der Waals surface area contributed by atoms with E-state index in [2.05, 4.69) is 0 Å². The van der Waals surface area contributed by atoms with Crippen molar-refractivity contribution in [1.82, 2.24) is 0 Å². The number of rotatable bonds is 0. The fraction of sp³-hybridized carbons (Fsp3) is 1.00. The molecule has 0 aromatic rings. The van der Waals surface area contributed by atoms with E-state index in [0.717, 1.165) is 6.61 Å². The van der Waals surface area contributed by atoms with Gasteiger partial charge in [-0.05, 0) is 0 Å². The van der Waals surface area contributed by atoms with Gasteiger partial charge in [-0.25, -0.2) is 0 Å². The van der Waals surface area contributed by atoms with Crippen LogP contribution in [0.2, 0.25) is 5.32 Å². The van der Waals surface area contributed by atoms with Gasteiger partial charge in [-0.1, -0.05) is 0 Å². The van der Waals surface area contributed by atoms with Gasteiger partial charge in [0.05, 0.1) is 0 Å². The molecule has 0 amide bonds. The fourth-order valence-corrected chi connectivity index (χ4v) is 1.53. The second kappa shape index (κ2) is 1.81. The van der Waals surface area contributed by atoms with Crippen molar-refractivity contribution >= 4 is 15.3 Å². The molecule has 0 saturated carbocycles. The maximum atomic E-state index is 5.01. The molecule has 2 heteroatoms. The second-order valence-corrected chi connectivity index (χ2v) is 2.84. The summed E-state index contributed by atoms with van der Waals surface area (Å²) in [4.78, 5) is 0. The molecule has 1 aliphatic rings. The van der Waals surface area contributed by atoms with Gasteiger partial charge in [0.15, 0.2) is 0 Å². The molecular formula is C3H6OSe. The third-order valence-electron chi connectivity index (χ3n) is 0.539. The molecule has 0 bridgehead atoms. The molecule has 0 spiro atoms. The first kappa shape index (κ1) is 3.66. The third-order valence-corrected chi connectivity index (χ3v) is 2.19. The van der Waals surface area contributed by atoms with Crippen molar-refractivity contribution in [2.75, 3.05) is 6.61 Å². The zero-order valence-corrected chi connectivity index (χ0v) is 4.65. The molecule has 0 N–H and O–H groups in total. The van der Waals surface area contributed by atoms with E-state index >= 15 is 0 Å². The summed E-state index contributed by atoms with van der Waals surface area (Å²) >= 11 is 0.569. The van der Waals surface area contributed by atoms with E-state index in [1.807, 2.05) is 0 Å². The molecule has 1 aliphatic heterocycles. The normalized spacial score (nSPS) is 24.0. The molecule has 0 atom stereocenters.